The molecule has 1 atom stereocenters. The Labute approximate surface area is 92.9 Å². The molecule has 0 spiro atoms. The molecule has 1 saturated heterocycles. The predicted octanol–water partition coefficient (Wildman–Crippen LogP) is 0.862. The average molecular weight is 228 g/mol. The van der Waals surface area contributed by atoms with E-state index in [9.17, 15) is 0 Å². The molecule has 84 valence electrons. The topological polar surface area (TPSA) is 75.3 Å². The lowest BCUT2D eigenvalue weighted by atomic mass is 10.0. The molecule has 1 unspecified atom stereocenters. The highest BCUT2D eigenvalue weighted by Crippen LogP contribution is 2.29. The van der Waals surface area contributed by atoms with Crippen molar-refractivity contribution in [3.8, 4) is 0 Å². The number of aliphatic hydroxyl groups is 1. The summed E-state index contributed by atoms with van der Waals surface area (Å²) in [6.45, 7) is 1.23. The lowest BCUT2D eigenvalue weighted by Crippen LogP contribution is -2.40. The van der Waals surface area contributed by atoms with Gasteiger partial charge < -0.3 is 15.7 Å². The van der Waals surface area contributed by atoms with Gasteiger partial charge in [-0.05, 0) is 25.7 Å². The Kier molecular flexibility index (Phi) is 3.37. The highest BCUT2D eigenvalue weighted by molar-refractivity contribution is 7.18. The Morgan fingerprint density at radius 3 is 3.00 bits per heavy atom. The number of nitrogen functional groups attached to an aromatic ring is 1. The van der Waals surface area contributed by atoms with Gasteiger partial charge in [-0.1, -0.05) is 11.3 Å². The molecule has 1 aromatic rings. The van der Waals surface area contributed by atoms with Crippen molar-refractivity contribution in [1.29, 1.82) is 0 Å². The fourth-order valence-corrected chi connectivity index (χ4v) is 2.75. The van der Waals surface area contributed by atoms with E-state index in [4.69, 9.17) is 10.8 Å². The second-order valence-corrected chi connectivity index (χ2v) is 4.77. The number of nitrogens with zero attached hydrogens (tertiary/aromatic N) is 3. The first kappa shape index (κ1) is 10.6. The molecule has 0 saturated carbocycles. The summed E-state index contributed by atoms with van der Waals surface area (Å²) in [4.78, 5) is 2.23. The van der Waals surface area contributed by atoms with Crippen LogP contribution >= 0.6 is 11.3 Å². The molecule has 1 aliphatic heterocycles. The number of anilines is 2. The summed E-state index contributed by atoms with van der Waals surface area (Å²) in [5.74, 6) is 0. The molecule has 0 bridgehead atoms. The second kappa shape index (κ2) is 4.76. The van der Waals surface area contributed by atoms with Crippen LogP contribution in [-0.4, -0.2) is 34.5 Å². The average Bonchev–Trinajstić information content (AvgIpc) is 2.66. The quantitative estimate of drug-likeness (QED) is 0.802. The smallest absolute Gasteiger partial charge is 0.210 e. The summed E-state index contributed by atoms with van der Waals surface area (Å²) in [5.41, 5.74) is 5.57. The maximum absolute atomic E-state index is 9.00. The number of aromatic nitrogens is 2. The Morgan fingerprint density at radius 1 is 1.47 bits per heavy atom. The largest absolute Gasteiger partial charge is 0.396 e. The minimum absolute atomic E-state index is 0.232. The minimum atomic E-state index is 0.232. The molecule has 1 fully saturated rings. The molecular weight excluding hydrogens is 212 g/mol. The summed E-state index contributed by atoms with van der Waals surface area (Å²) in [6, 6.07) is 0.399. The van der Waals surface area contributed by atoms with E-state index in [0.29, 0.717) is 11.2 Å². The van der Waals surface area contributed by atoms with Gasteiger partial charge in [0, 0.05) is 19.2 Å². The van der Waals surface area contributed by atoms with E-state index in [1.54, 1.807) is 0 Å². The lowest BCUT2D eigenvalue weighted by Gasteiger charge is -2.34. The van der Waals surface area contributed by atoms with E-state index in [1.807, 2.05) is 0 Å². The number of hydrogen-bond acceptors (Lipinski definition) is 6. The van der Waals surface area contributed by atoms with Crippen molar-refractivity contribution in [1.82, 2.24) is 10.2 Å². The molecular formula is C9H16N4OS. The second-order valence-electron chi connectivity index (χ2n) is 3.78. The van der Waals surface area contributed by atoms with Crippen LogP contribution in [0.2, 0.25) is 0 Å². The fourth-order valence-electron chi connectivity index (χ4n) is 2.04. The Bertz CT molecular complexity index is 315. The van der Waals surface area contributed by atoms with Crippen LogP contribution in [0.15, 0.2) is 0 Å². The zero-order valence-corrected chi connectivity index (χ0v) is 9.41. The summed E-state index contributed by atoms with van der Waals surface area (Å²) < 4.78 is 0. The number of piperidine rings is 1. The van der Waals surface area contributed by atoms with Crippen molar-refractivity contribution in [2.24, 2.45) is 0 Å². The molecule has 15 heavy (non-hydrogen) atoms. The summed E-state index contributed by atoms with van der Waals surface area (Å²) in [7, 11) is 0. The van der Waals surface area contributed by atoms with Crippen LogP contribution in [0.5, 0.6) is 0 Å². The van der Waals surface area contributed by atoms with Gasteiger partial charge in [0.1, 0.15) is 0 Å². The zero-order chi connectivity index (χ0) is 10.7. The van der Waals surface area contributed by atoms with Crippen molar-refractivity contribution in [2.45, 2.75) is 31.7 Å². The first-order chi connectivity index (χ1) is 7.31. The molecule has 0 aromatic carbocycles. The van der Waals surface area contributed by atoms with Gasteiger partial charge in [-0.25, -0.2) is 0 Å². The molecule has 2 rings (SSSR count). The van der Waals surface area contributed by atoms with Gasteiger partial charge >= 0.3 is 0 Å². The van der Waals surface area contributed by atoms with Crippen LogP contribution in [0.25, 0.3) is 0 Å². The van der Waals surface area contributed by atoms with Crippen LogP contribution < -0.4 is 10.6 Å². The van der Waals surface area contributed by atoms with Crippen LogP contribution in [0, 0.1) is 0 Å². The number of aliphatic hydroxyl groups excluding tert-OH is 1. The Morgan fingerprint density at radius 2 is 2.33 bits per heavy atom. The van der Waals surface area contributed by atoms with Gasteiger partial charge in [0.2, 0.25) is 10.3 Å². The third kappa shape index (κ3) is 2.38. The monoisotopic (exact) mass is 228 g/mol. The van der Waals surface area contributed by atoms with Gasteiger partial charge in [0.05, 0.1) is 0 Å². The SMILES string of the molecule is Nc1nnc(N2CCCCC2CCO)s1. The Balaban J connectivity index is 2.10. The summed E-state index contributed by atoms with van der Waals surface area (Å²) in [5, 5.41) is 18.3. The van der Waals surface area contributed by atoms with Crippen molar-refractivity contribution < 1.29 is 5.11 Å². The molecule has 0 amide bonds. The minimum Gasteiger partial charge on any atom is -0.396 e. The summed E-state index contributed by atoms with van der Waals surface area (Å²) >= 11 is 1.42. The lowest BCUT2D eigenvalue weighted by molar-refractivity contribution is 0.262. The molecule has 6 heteroatoms. The number of rotatable bonds is 3. The normalized spacial score (nSPS) is 21.9. The van der Waals surface area contributed by atoms with Gasteiger partial charge in [0.15, 0.2) is 0 Å². The first-order valence-corrected chi connectivity index (χ1v) is 6.09. The molecule has 0 aliphatic carbocycles. The molecule has 0 radical (unpaired) electrons. The van der Waals surface area contributed by atoms with E-state index in [0.717, 1.165) is 24.5 Å². The maximum atomic E-state index is 9.00. The number of nitrogens with two attached hydrogens (primary N) is 1. The molecule has 3 N–H and O–H groups in total. The van der Waals surface area contributed by atoms with Crippen molar-refractivity contribution in [3.63, 3.8) is 0 Å². The zero-order valence-electron chi connectivity index (χ0n) is 8.59. The first-order valence-electron chi connectivity index (χ1n) is 5.27. The number of hydrogen-bond donors (Lipinski definition) is 2. The van der Waals surface area contributed by atoms with E-state index in [2.05, 4.69) is 15.1 Å². The van der Waals surface area contributed by atoms with Crippen molar-refractivity contribution >= 4 is 21.6 Å². The van der Waals surface area contributed by atoms with Crippen LogP contribution in [0.3, 0.4) is 0 Å². The maximum Gasteiger partial charge on any atom is 0.210 e. The standard InChI is InChI=1S/C9H16N4OS/c10-8-11-12-9(15-8)13-5-2-1-3-7(13)4-6-14/h7,14H,1-6H2,(H2,10,11). The molecule has 1 aliphatic rings. The van der Waals surface area contributed by atoms with E-state index in [1.165, 1.54) is 24.2 Å². The predicted molar refractivity (Wildman–Crippen MR) is 61.0 cm³/mol. The van der Waals surface area contributed by atoms with Crippen LogP contribution in [0.4, 0.5) is 10.3 Å². The highest BCUT2D eigenvalue weighted by atomic mass is 32.1. The van der Waals surface area contributed by atoms with E-state index < -0.39 is 0 Å². The molecule has 1 aromatic heterocycles. The van der Waals surface area contributed by atoms with Crippen LogP contribution in [0.1, 0.15) is 25.7 Å². The van der Waals surface area contributed by atoms with Gasteiger partial charge in [0.25, 0.3) is 0 Å². The van der Waals surface area contributed by atoms with E-state index >= 15 is 0 Å². The van der Waals surface area contributed by atoms with Crippen LogP contribution in [-0.2, 0) is 0 Å². The van der Waals surface area contributed by atoms with Gasteiger partial charge in [-0.3, -0.25) is 0 Å². The van der Waals surface area contributed by atoms with E-state index in [-0.39, 0.29) is 6.61 Å². The van der Waals surface area contributed by atoms with Gasteiger partial charge in [-0.2, -0.15) is 0 Å². The Hall–Kier alpha value is -0.880. The van der Waals surface area contributed by atoms with Gasteiger partial charge in [-0.15, -0.1) is 10.2 Å². The van der Waals surface area contributed by atoms with Crippen molar-refractivity contribution in [2.75, 3.05) is 23.8 Å². The molecule has 2 heterocycles. The molecule has 5 nitrogen and oxygen atoms in total. The fraction of sp³-hybridized carbons (Fsp3) is 0.778. The third-order valence-corrected chi connectivity index (χ3v) is 3.55. The van der Waals surface area contributed by atoms with Crippen molar-refractivity contribution in [3.05, 3.63) is 0 Å². The summed E-state index contributed by atoms with van der Waals surface area (Å²) in [6.07, 6.45) is 4.34. The third-order valence-electron chi connectivity index (χ3n) is 2.77. The highest BCUT2D eigenvalue weighted by Gasteiger charge is 2.24.